The fourth-order valence-electron chi connectivity index (χ4n) is 2.85. The third kappa shape index (κ3) is 2.16. The molecule has 0 saturated carbocycles. The van der Waals surface area contributed by atoms with E-state index in [1.165, 1.54) is 0 Å². The molecule has 9 heteroatoms. The van der Waals surface area contributed by atoms with Gasteiger partial charge in [-0.05, 0) is 12.1 Å². The van der Waals surface area contributed by atoms with Crippen LogP contribution in [0.5, 0.6) is 17.2 Å². The van der Waals surface area contributed by atoms with Crippen molar-refractivity contribution in [3.8, 4) is 28.6 Å². The maximum absolute atomic E-state index is 5.41. The van der Waals surface area contributed by atoms with Crippen molar-refractivity contribution in [2.75, 3.05) is 21.3 Å². The van der Waals surface area contributed by atoms with E-state index in [4.69, 9.17) is 14.2 Å². The first-order valence-electron chi connectivity index (χ1n) is 7.49. The van der Waals surface area contributed by atoms with Gasteiger partial charge in [0.25, 0.3) is 0 Å². The van der Waals surface area contributed by atoms with Gasteiger partial charge in [0, 0.05) is 12.6 Å². The van der Waals surface area contributed by atoms with Crippen LogP contribution < -0.4 is 14.2 Å². The van der Waals surface area contributed by atoms with Crippen LogP contribution in [0.2, 0.25) is 0 Å². The van der Waals surface area contributed by atoms with E-state index in [0.717, 1.165) is 16.6 Å². The number of fused-ring (bicyclic) bond motifs is 3. The zero-order chi connectivity index (χ0) is 17.6. The highest BCUT2D eigenvalue weighted by molar-refractivity contribution is 5.89. The van der Waals surface area contributed by atoms with Crippen LogP contribution >= 0.6 is 0 Å². The average molecular weight is 340 g/mol. The number of nitrogens with zero attached hydrogens (tertiary/aromatic N) is 6. The van der Waals surface area contributed by atoms with Crippen molar-refractivity contribution >= 4 is 16.7 Å². The van der Waals surface area contributed by atoms with Crippen LogP contribution in [0, 0.1) is 0 Å². The summed E-state index contributed by atoms with van der Waals surface area (Å²) in [6, 6.07) is 3.65. The summed E-state index contributed by atoms with van der Waals surface area (Å²) in [6.45, 7) is 0. The minimum atomic E-state index is 0.523. The van der Waals surface area contributed by atoms with Gasteiger partial charge in [0.2, 0.25) is 5.75 Å². The van der Waals surface area contributed by atoms with E-state index in [1.807, 2.05) is 23.6 Å². The van der Waals surface area contributed by atoms with Crippen LogP contribution in [-0.2, 0) is 7.05 Å². The lowest BCUT2D eigenvalue weighted by atomic mass is 10.1. The normalized spacial score (nSPS) is 11.2. The Balaban J connectivity index is 1.97. The van der Waals surface area contributed by atoms with E-state index < -0.39 is 0 Å². The van der Waals surface area contributed by atoms with Crippen molar-refractivity contribution in [1.29, 1.82) is 0 Å². The smallest absolute Gasteiger partial charge is 0.203 e. The maximum Gasteiger partial charge on any atom is 0.203 e. The Morgan fingerprint density at radius 3 is 2.28 bits per heavy atom. The molecule has 0 aliphatic heterocycles. The molecule has 3 aromatic heterocycles. The number of hydrogen-bond acceptors (Lipinski definition) is 7. The van der Waals surface area contributed by atoms with E-state index in [-0.39, 0.29) is 0 Å². The number of aromatic nitrogens is 6. The first kappa shape index (κ1) is 15.2. The zero-order valence-electron chi connectivity index (χ0n) is 14.2. The Hall–Kier alpha value is -3.36. The van der Waals surface area contributed by atoms with E-state index in [2.05, 4.69) is 20.3 Å². The molecular weight excluding hydrogens is 324 g/mol. The number of methoxy groups -OCH3 is 3. The lowest BCUT2D eigenvalue weighted by molar-refractivity contribution is 0.324. The summed E-state index contributed by atoms with van der Waals surface area (Å²) in [6.07, 6.45) is 3.41. The van der Waals surface area contributed by atoms with Crippen molar-refractivity contribution in [2.45, 2.75) is 0 Å². The fourth-order valence-corrected chi connectivity index (χ4v) is 2.85. The molecule has 128 valence electrons. The summed E-state index contributed by atoms with van der Waals surface area (Å²) in [4.78, 5) is 4.44. The third-order valence-corrected chi connectivity index (χ3v) is 4.06. The minimum absolute atomic E-state index is 0.523. The standard InChI is InChI=1S/C16H16N6O3/c1-21-15-10(7-18-21)16-20-19-14(22(16)8-17-15)9-5-11(23-2)13(25-4)12(6-9)24-3/h5-8H,1-4H3. The molecule has 0 bridgehead atoms. The van der Waals surface area contributed by atoms with Gasteiger partial charge < -0.3 is 14.2 Å². The van der Waals surface area contributed by atoms with Crippen LogP contribution in [-0.4, -0.2) is 50.7 Å². The molecule has 0 unspecified atom stereocenters. The molecule has 9 nitrogen and oxygen atoms in total. The maximum atomic E-state index is 5.41. The Labute approximate surface area is 142 Å². The summed E-state index contributed by atoms with van der Waals surface area (Å²) in [7, 11) is 6.55. The second-order valence-electron chi connectivity index (χ2n) is 5.38. The van der Waals surface area contributed by atoms with Crippen LogP contribution in [0.25, 0.3) is 28.1 Å². The molecule has 0 aliphatic carbocycles. The molecule has 0 N–H and O–H groups in total. The van der Waals surface area contributed by atoms with Crippen LogP contribution in [0.4, 0.5) is 0 Å². The molecule has 0 aliphatic rings. The molecule has 0 amide bonds. The highest BCUT2D eigenvalue weighted by Gasteiger charge is 2.18. The van der Waals surface area contributed by atoms with Gasteiger partial charge >= 0.3 is 0 Å². The van der Waals surface area contributed by atoms with Crippen LogP contribution in [0.3, 0.4) is 0 Å². The summed E-state index contributed by atoms with van der Waals surface area (Å²) in [5.41, 5.74) is 2.20. The summed E-state index contributed by atoms with van der Waals surface area (Å²) in [5, 5.41) is 13.7. The molecule has 25 heavy (non-hydrogen) atoms. The molecule has 0 fully saturated rings. The Bertz CT molecular complexity index is 1060. The van der Waals surface area contributed by atoms with Gasteiger partial charge in [-0.2, -0.15) is 5.10 Å². The number of ether oxygens (including phenoxy) is 3. The van der Waals surface area contributed by atoms with Crippen LogP contribution in [0.1, 0.15) is 0 Å². The molecule has 0 radical (unpaired) electrons. The Morgan fingerprint density at radius 1 is 0.920 bits per heavy atom. The van der Waals surface area contributed by atoms with Gasteiger partial charge in [0.15, 0.2) is 28.6 Å². The number of rotatable bonds is 4. The van der Waals surface area contributed by atoms with E-state index in [0.29, 0.717) is 28.7 Å². The monoisotopic (exact) mass is 340 g/mol. The molecule has 3 heterocycles. The third-order valence-electron chi connectivity index (χ3n) is 4.06. The molecule has 4 aromatic rings. The molecule has 4 rings (SSSR count). The molecule has 1 aromatic carbocycles. The molecule has 0 saturated heterocycles. The fraction of sp³-hybridized carbons (Fsp3) is 0.250. The first-order chi connectivity index (χ1) is 12.2. The lowest BCUT2D eigenvalue weighted by Gasteiger charge is -2.13. The minimum Gasteiger partial charge on any atom is -0.493 e. The largest absolute Gasteiger partial charge is 0.493 e. The van der Waals surface area contributed by atoms with Crippen molar-refractivity contribution in [3.63, 3.8) is 0 Å². The van der Waals surface area contributed by atoms with Gasteiger partial charge in [-0.3, -0.25) is 9.08 Å². The topological polar surface area (TPSA) is 88.6 Å². The lowest BCUT2D eigenvalue weighted by Crippen LogP contribution is -1.98. The first-order valence-corrected chi connectivity index (χ1v) is 7.49. The predicted molar refractivity (Wildman–Crippen MR) is 90.1 cm³/mol. The van der Waals surface area contributed by atoms with Crippen molar-refractivity contribution < 1.29 is 14.2 Å². The van der Waals surface area contributed by atoms with E-state index >= 15 is 0 Å². The van der Waals surface area contributed by atoms with E-state index in [9.17, 15) is 0 Å². The molecule has 0 atom stereocenters. The number of hydrogen-bond donors (Lipinski definition) is 0. The van der Waals surface area contributed by atoms with Gasteiger partial charge in [-0.15, -0.1) is 10.2 Å². The van der Waals surface area contributed by atoms with Gasteiger partial charge in [-0.1, -0.05) is 0 Å². The summed E-state index contributed by atoms with van der Waals surface area (Å²) in [5.74, 6) is 2.23. The SMILES string of the molecule is COc1cc(-c2nnc3c4cnn(C)c4ncn23)cc(OC)c1OC. The van der Waals surface area contributed by atoms with Crippen molar-refractivity contribution in [2.24, 2.45) is 7.05 Å². The Kier molecular flexibility index (Phi) is 3.41. The van der Waals surface area contributed by atoms with Gasteiger partial charge in [0.1, 0.15) is 6.33 Å². The van der Waals surface area contributed by atoms with Gasteiger partial charge in [0.05, 0.1) is 32.9 Å². The predicted octanol–water partition coefficient (Wildman–Crippen LogP) is 1.70. The van der Waals surface area contributed by atoms with Crippen molar-refractivity contribution in [3.05, 3.63) is 24.7 Å². The van der Waals surface area contributed by atoms with Crippen LogP contribution in [0.15, 0.2) is 24.7 Å². The molecular formula is C16H16N6O3. The highest BCUT2D eigenvalue weighted by atomic mass is 16.5. The van der Waals surface area contributed by atoms with E-state index in [1.54, 1.807) is 38.5 Å². The Morgan fingerprint density at radius 2 is 1.64 bits per heavy atom. The number of benzene rings is 1. The van der Waals surface area contributed by atoms with Gasteiger partial charge in [-0.25, -0.2) is 4.98 Å². The summed E-state index contributed by atoms with van der Waals surface area (Å²) >= 11 is 0. The summed E-state index contributed by atoms with van der Waals surface area (Å²) < 4.78 is 19.7. The quantitative estimate of drug-likeness (QED) is 0.558. The van der Waals surface area contributed by atoms with Crippen molar-refractivity contribution in [1.82, 2.24) is 29.4 Å². The average Bonchev–Trinajstić information content (AvgIpc) is 3.24. The second kappa shape index (κ2) is 5.62. The zero-order valence-corrected chi connectivity index (χ0v) is 14.2. The molecule has 0 spiro atoms. The highest BCUT2D eigenvalue weighted by Crippen LogP contribution is 2.40. The second-order valence-corrected chi connectivity index (χ2v) is 5.38. The number of aryl methyl sites for hydroxylation is 1.